The molecule has 184 valence electrons. The van der Waals surface area contributed by atoms with Crippen molar-refractivity contribution in [1.82, 2.24) is 5.32 Å². The Hall–Kier alpha value is -0.870. The summed E-state index contributed by atoms with van der Waals surface area (Å²) in [4.78, 5) is 11.5. The predicted octanol–water partition coefficient (Wildman–Crippen LogP) is 5.86. The molecule has 1 spiro atoms. The van der Waals surface area contributed by atoms with E-state index in [9.17, 15) is 4.79 Å². The van der Waals surface area contributed by atoms with Crippen molar-refractivity contribution in [3.8, 4) is 0 Å². The maximum absolute atomic E-state index is 11.5. The molecule has 1 N–H and O–H groups in total. The van der Waals surface area contributed by atoms with Crippen LogP contribution >= 0.6 is 0 Å². The Bertz CT molecular complexity index is 844. The molecule has 4 heteroatoms. The first-order valence-corrected chi connectivity index (χ1v) is 14.0. The highest BCUT2D eigenvalue weighted by Crippen LogP contribution is 2.70. The lowest BCUT2D eigenvalue weighted by Gasteiger charge is -2.58. The maximum Gasteiger partial charge on any atom is 0.302 e. The molecule has 0 aromatic heterocycles. The van der Waals surface area contributed by atoms with E-state index in [-0.39, 0.29) is 17.8 Å². The van der Waals surface area contributed by atoms with E-state index in [2.05, 4.69) is 39.1 Å². The van der Waals surface area contributed by atoms with E-state index in [1.165, 1.54) is 44.9 Å². The number of piperidine rings is 1. The number of allylic oxidation sites excluding steroid dienone is 1. The summed E-state index contributed by atoms with van der Waals surface area (Å²) in [7, 11) is 0. The summed E-state index contributed by atoms with van der Waals surface area (Å²) in [5, 5.41) is 3.88. The number of nitrogens with one attached hydrogen (secondary N) is 1. The molecule has 6 rings (SSSR count). The fourth-order valence-corrected chi connectivity index (χ4v) is 10.2. The highest BCUT2D eigenvalue weighted by Gasteiger charge is 2.68. The molecule has 5 fully saturated rings. The van der Waals surface area contributed by atoms with E-state index in [1.54, 1.807) is 12.5 Å². The van der Waals surface area contributed by atoms with Crippen molar-refractivity contribution in [1.29, 1.82) is 0 Å². The standard InChI is InChI=1S/C29H45NO3/c1-17-8-13-29(30-16-17)18(2)26-25(33-29)15-24-22-7-6-20-14-21(32-19(3)31)9-11-27(20,4)23(22)10-12-28(24,26)5/h6,17-18,21-26,30H,7-16H2,1-5H3/t17-,18+,21+,22?,23?,24+,25?,26?,27+,28+,29-/m1/s1. The SMILES string of the molecule is CC(=O)O[C@H]1CC[C@@]2(C)C(=CCC3C2CC[C@]2(C)C4C(C[C@@H]32)O[C@]2(CC[C@@H](C)CN2)[C@H]4C)C1. The lowest BCUT2D eigenvalue weighted by Crippen LogP contribution is -2.57. The number of carbonyl (C=O) groups is 1. The van der Waals surface area contributed by atoms with Crippen LogP contribution in [0.4, 0.5) is 0 Å². The Morgan fingerprint density at radius 2 is 1.94 bits per heavy atom. The Morgan fingerprint density at radius 1 is 1.12 bits per heavy atom. The van der Waals surface area contributed by atoms with Crippen LogP contribution < -0.4 is 5.32 Å². The van der Waals surface area contributed by atoms with Gasteiger partial charge in [-0.2, -0.15) is 0 Å². The largest absolute Gasteiger partial charge is 0.462 e. The number of esters is 1. The van der Waals surface area contributed by atoms with Crippen molar-refractivity contribution in [2.75, 3.05) is 6.54 Å². The van der Waals surface area contributed by atoms with Gasteiger partial charge in [-0.25, -0.2) is 0 Å². The van der Waals surface area contributed by atoms with Crippen LogP contribution in [-0.2, 0) is 14.3 Å². The van der Waals surface area contributed by atoms with Gasteiger partial charge in [0.15, 0.2) is 0 Å². The average Bonchev–Trinajstić information content (AvgIpc) is 3.21. The van der Waals surface area contributed by atoms with Crippen molar-refractivity contribution in [2.24, 2.45) is 46.3 Å². The Labute approximate surface area is 200 Å². The monoisotopic (exact) mass is 455 g/mol. The summed E-state index contributed by atoms with van der Waals surface area (Å²) in [6.45, 7) is 12.7. The van der Waals surface area contributed by atoms with Gasteiger partial charge in [-0.1, -0.05) is 39.3 Å². The maximum atomic E-state index is 11.5. The van der Waals surface area contributed by atoms with Gasteiger partial charge in [-0.3, -0.25) is 10.1 Å². The van der Waals surface area contributed by atoms with Crippen molar-refractivity contribution in [3.63, 3.8) is 0 Å². The van der Waals surface area contributed by atoms with Crippen LogP contribution in [0.2, 0.25) is 0 Å². The molecule has 11 atom stereocenters. The second-order valence-corrected chi connectivity index (χ2v) is 13.4. The van der Waals surface area contributed by atoms with E-state index >= 15 is 0 Å². The highest BCUT2D eigenvalue weighted by molar-refractivity contribution is 5.66. The molecule has 0 aromatic carbocycles. The molecule has 0 amide bonds. The van der Waals surface area contributed by atoms with Crippen molar-refractivity contribution in [3.05, 3.63) is 11.6 Å². The van der Waals surface area contributed by atoms with Crippen molar-refractivity contribution < 1.29 is 14.3 Å². The fraction of sp³-hybridized carbons (Fsp3) is 0.897. The van der Waals surface area contributed by atoms with Crippen LogP contribution in [-0.4, -0.2) is 30.4 Å². The van der Waals surface area contributed by atoms with Gasteiger partial charge < -0.3 is 9.47 Å². The van der Waals surface area contributed by atoms with E-state index in [1.807, 2.05) is 0 Å². The second-order valence-electron chi connectivity index (χ2n) is 13.4. The van der Waals surface area contributed by atoms with Gasteiger partial charge in [0.1, 0.15) is 11.8 Å². The normalized spacial score (nSPS) is 55.2. The lowest BCUT2D eigenvalue weighted by molar-refractivity contribution is -0.148. The molecule has 2 aliphatic heterocycles. The third-order valence-corrected chi connectivity index (χ3v) is 11.9. The molecule has 3 saturated carbocycles. The van der Waals surface area contributed by atoms with Crippen LogP contribution in [0.15, 0.2) is 11.6 Å². The Morgan fingerprint density at radius 3 is 2.67 bits per heavy atom. The van der Waals surface area contributed by atoms with Crippen molar-refractivity contribution >= 4 is 5.97 Å². The van der Waals surface area contributed by atoms with E-state index in [4.69, 9.17) is 9.47 Å². The molecule has 4 aliphatic carbocycles. The molecule has 4 unspecified atom stereocenters. The second kappa shape index (κ2) is 7.56. The lowest BCUT2D eigenvalue weighted by atomic mass is 9.47. The predicted molar refractivity (Wildman–Crippen MR) is 129 cm³/mol. The minimum Gasteiger partial charge on any atom is -0.462 e. The van der Waals surface area contributed by atoms with Gasteiger partial charge in [0.2, 0.25) is 0 Å². The minimum atomic E-state index is -0.127. The molecular weight excluding hydrogens is 410 g/mol. The molecule has 6 aliphatic rings. The van der Waals surface area contributed by atoms with Gasteiger partial charge >= 0.3 is 5.97 Å². The number of carbonyl (C=O) groups excluding carboxylic acids is 1. The summed E-state index contributed by atoms with van der Waals surface area (Å²) >= 11 is 0. The Kier molecular flexibility index (Phi) is 5.18. The van der Waals surface area contributed by atoms with E-state index in [0.29, 0.717) is 28.8 Å². The molecule has 0 aromatic rings. The zero-order valence-corrected chi connectivity index (χ0v) is 21.5. The highest BCUT2D eigenvalue weighted by atomic mass is 16.5. The molecular formula is C29H45NO3. The van der Waals surface area contributed by atoms with Gasteiger partial charge in [0.05, 0.1) is 6.10 Å². The van der Waals surface area contributed by atoms with E-state index in [0.717, 1.165) is 43.1 Å². The summed E-state index contributed by atoms with van der Waals surface area (Å²) in [5.41, 5.74) is 2.24. The summed E-state index contributed by atoms with van der Waals surface area (Å²) < 4.78 is 12.6. The van der Waals surface area contributed by atoms with Gasteiger partial charge in [0, 0.05) is 25.8 Å². The molecule has 4 nitrogen and oxygen atoms in total. The van der Waals surface area contributed by atoms with Crippen LogP contribution in [0.1, 0.15) is 92.4 Å². The first-order chi connectivity index (χ1) is 15.7. The summed E-state index contributed by atoms with van der Waals surface area (Å²) in [5.74, 6) is 4.30. The third kappa shape index (κ3) is 3.18. The molecule has 2 heterocycles. The van der Waals surface area contributed by atoms with Crippen molar-refractivity contribution in [2.45, 2.75) is 110 Å². The molecule has 0 bridgehead atoms. The number of hydrogen-bond acceptors (Lipinski definition) is 4. The number of rotatable bonds is 1. The average molecular weight is 456 g/mol. The quantitative estimate of drug-likeness (QED) is 0.397. The topological polar surface area (TPSA) is 47.6 Å². The molecule has 2 saturated heterocycles. The van der Waals surface area contributed by atoms with Crippen LogP contribution in [0, 0.1) is 46.3 Å². The Balaban J connectivity index is 1.24. The number of hydrogen-bond donors (Lipinski definition) is 1. The van der Waals surface area contributed by atoms with Crippen LogP contribution in [0.3, 0.4) is 0 Å². The number of fused-ring (bicyclic) bond motifs is 7. The van der Waals surface area contributed by atoms with Gasteiger partial charge in [-0.15, -0.1) is 0 Å². The van der Waals surface area contributed by atoms with E-state index < -0.39 is 0 Å². The third-order valence-electron chi connectivity index (χ3n) is 11.9. The van der Waals surface area contributed by atoms with Crippen LogP contribution in [0.5, 0.6) is 0 Å². The fourth-order valence-electron chi connectivity index (χ4n) is 10.2. The summed E-state index contributed by atoms with van der Waals surface area (Å²) in [6, 6.07) is 0. The van der Waals surface area contributed by atoms with Gasteiger partial charge in [-0.05, 0) is 91.8 Å². The minimum absolute atomic E-state index is 0.0621. The molecule has 33 heavy (non-hydrogen) atoms. The first-order valence-electron chi connectivity index (χ1n) is 14.0. The smallest absolute Gasteiger partial charge is 0.302 e. The van der Waals surface area contributed by atoms with Crippen LogP contribution in [0.25, 0.3) is 0 Å². The zero-order chi connectivity index (χ0) is 23.2. The zero-order valence-electron chi connectivity index (χ0n) is 21.5. The first kappa shape index (κ1) is 22.6. The summed E-state index contributed by atoms with van der Waals surface area (Å²) in [6.07, 6.45) is 13.9. The number of ether oxygens (including phenoxy) is 2. The molecule has 0 radical (unpaired) electrons. The van der Waals surface area contributed by atoms with Gasteiger partial charge in [0.25, 0.3) is 0 Å².